The number of hydrogen-bond donors (Lipinski definition) is 1. The van der Waals surface area contributed by atoms with Crippen LogP contribution in [0.1, 0.15) is 30.0 Å². The lowest BCUT2D eigenvalue weighted by molar-refractivity contribution is -0.0643. The fraction of sp³-hybridized carbons (Fsp3) is 0.625. The van der Waals surface area contributed by atoms with Crippen molar-refractivity contribution in [2.45, 2.75) is 38.0 Å². The topological polar surface area (TPSA) is 24.5 Å². The highest BCUT2D eigenvalue weighted by Gasteiger charge is 2.36. The zero-order chi connectivity index (χ0) is 14.1. The Morgan fingerprint density at radius 2 is 2.30 bits per heavy atom. The van der Waals surface area contributed by atoms with E-state index < -0.39 is 0 Å². The SMILES string of the molecule is CNC(c1ccc(F)cc1C)C1CN2CCCC2CO1. The molecule has 1 aromatic carbocycles. The van der Waals surface area contributed by atoms with Crippen LogP contribution in [0.25, 0.3) is 0 Å². The molecule has 0 radical (unpaired) electrons. The molecule has 1 N–H and O–H groups in total. The van der Waals surface area contributed by atoms with Gasteiger partial charge in [0.25, 0.3) is 0 Å². The summed E-state index contributed by atoms with van der Waals surface area (Å²) in [6.45, 7) is 4.93. The summed E-state index contributed by atoms with van der Waals surface area (Å²) in [5.41, 5.74) is 2.12. The third-order valence-corrected chi connectivity index (χ3v) is 4.67. The minimum absolute atomic E-state index is 0.122. The zero-order valence-electron chi connectivity index (χ0n) is 12.2. The molecule has 0 amide bonds. The molecule has 1 aromatic rings. The number of halogens is 1. The first-order chi connectivity index (χ1) is 9.69. The summed E-state index contributed by atoms with van der Waals surface area (Å²) in [7, 11) is 1.95. The van der Waals surface area contributed by atoms with Gasteiger partial charge in [0, 0.05) is 12.6 Å². The molecule has 0 bridgehead atoms. The predicted molar refractivity (Wildman–Crippen MR) is 77.3 cm³/mol. The van der Waals surface area contributed by atoms with E-state index >= 15 is 0 Å². The standard InChI is InChI=1S/C16H23FN2O/c1-11-8-12(17)5-6-14(11)16(18-2)15-9-19-7-3-4-13(19)10-20-15/h5-6,8,13,15-16,18H,3-4,7,9-10H2,1-2H3. The maximum Gasteiger partial charge on any atom is 0.123 e. The quantitative estimate of drug-likeness (QED) is 0.918. The highest BCUT2D eigenvalue weighted by Crippen LogP contribution is 2.30. The van der Waals surface area contributed by atoms with Gasteiger partial charge in [0.1, 0.15) is 5.82 Å². The first-order valence-corrected chi connectivity index (χ1v) is 7.48. The smallest absolute Gasteiger partial charge is 0.123 e. The maximum atomic E-state index is 13.3. The van der Waals surface area contributed by atoms with Gasteiger partial charge in [0.2, 0.25) is 0 Å². The van der Waals surface area contributed by atoms with Gasteiger partial charge in [-0.2, -0.15) is 0 Å². The van der Waals surface area contributed by atoms with Crippen LogP contribution < -0.4 is 5.32 Å². The van der Waals surface area contributed by atoms with E-state index in [4.69, 9.17) is 4.74 Å². The minimum atomic E-state index is -0.176. The van der Waals surface area contributed by atoms with Crippen molar-refractivity contribution in [3.05, 3.63) is 35.1 Å². The summed E-state index contributed by atoms with van der Waals surface area (Å²) in [4.78, 5) is 2.54. The van der Waals surface area contributed by atoms with Crippen molar-refractivity contribution in [2.24, 2.45) is 0 Å². The molecule has 3 atom stereocenters. The maximum absolute atomic E-state index is 13.3. The Balaban J connectivity index is 1.79. The molecule has 110 valence electrons. The van der Waals surface area contributed by atoms with E-state index in [0.29, 0.717) is 6.04 Å². The molecule has 3 nitrogen and oxygen atoms in total. The number of ether oxygens (including phenoxy) is 1. The van der Waals surface area contributed by atoms with E-state index in [0.717, 1.165) is 24.3 Å². The van der Waals surface area contributed by atoms with Crippen LogP contribution in [-0.2, 0) is 4.74 Å². The van der Waals surface area contributed by atoms with Gasteiger partial charge in [-0.05, 0) is 56.6 Å². The highest BCUT2D eigenvalue weighted by molar-refractivity contribution is 5.30. The normalized spacial score (nSPS) is 28.4. The molecule has 0 saturated carbocycles. The summed E-state index contributed by atoms with van der Waals surface area (Å²) in [6.07, 6.45) is 2.67. The Kier molecular flexibility index (Phi) is 4.06. The van der Waals surface area contributed by atoms with Crippen LogP contribution in [0.3, 0.4) is 0 Å². The first kappa shape index (κ1) is 14.0. The van der Waals surface area contributed by atoms with Gasteiger partial charge in [0.15, 0.2) is 0 Å². The summed E-state index contributed by atoms with van der Waals surface area (Å²) in [5, 5.41) is 3.35. The number of likely N-dealkylation sites (N-methyl/N-ethyl adjacent to an activating group) is 1. The molecule has 2 fully saturated rings. The van der Waals surface area contributed by atoms with Crippen LogP contribution in [0, 0.1) is 12.7 Å². The largest absolute Gasteiger partial charge is 0.373 e. The van der Waals surface area contributed by atoms with Crippen molar-refractivity contribution in [2.75, 3.05) is 26.7 Å². The third kappa shape index (κ3) is 2.60. The fourth-order valence-corrected chi connectivity index (χ4v) is 3.57. The van der Waals surface area contributed by atoms with Gasteiger partial charge < -0.3 is 10.1 Å². The fourth-order valence-electron chi connectivity index (χ4n) is 3.57. The molecule has 2 aliphatic rings. The highest BCUT2D eigenvalue weighted by atomic mass is 19.1. The van der Waals surface area contributed by atoms with E-state index in [1.807, 2.05) is 20.0 Å². The third-order valence-electron chi connectivity index (χ3n) is 4.67. The second-order valence-electron chi connectivity index (χ2n) is 5.93. The van der Waals surface area contributed by atoms with Gasteiger partial charge in [-0.3, -0.25) is 4.90 Å². The van der Waals surface area contributed by atoms with Crippen LogP contribution in [0.4, 0.5) is 4.39 Å². The second kappa shape index (κ2) is 5.80. The van der Waals surface area contributed by atoms with Gasteiger partial charge >= 0.3 is 0 Å². The van der Waals surface area contributed by atoms with Gasteiger partial charge in [-0.25, -0.2) is 4.39 Å². The number of morpholine rings is 1. The molecule has 0 spiro atoms. The molecular weight excluding hydrogens is 255 g/mol. The summed E-state index contributed by atoms with van der Waals surface area (Å²) < 4.78 is 19.4. The molecule has 2 aliphatic heterocycles. The Labute approximate surface area is 120 Å². The van der Waals surface area contributed by atoms with Gasteiger partial charge in [0.05, 0.1) is 18.8 Å². The van der Waals surface area contributed by atoms with Crippen molar-refractivity contribution in [3.8, 4) is 0 Å². The van der Waals surface area contributed by atoms with Crippen LogP contribution in [0.15, 0.2) is 18.2 Å². The molecular formula is C16H23FN2O. The number of nitrogens with zero attached hydrogens (tertiary/aromatic N) is 1. The van der Waals surface area contributed by atoms with Crippen LogP contribution in [0.5, 0.6) is 0 Å². The molecule has 3 rings (SSSR count). The average Bonchev–Trinajstić information content (AvgIpc) is 2.89. The Morgan fingerprint density at radius 1 is 1.45 bits per heavy atom. The van der Waals surface area contributed by atoms with Crippen molar-refractivity contribution in [1.29, 1.82) is 0 Å². The number of nitrogens with one attached hydrogen (secondary N) is 1. The number of rotatable bonds is 3. The molecule has 2 saturated heterocycles. The number of hydrogen-bond acceptors (Lipinski definition) is 3. The van der Waals surface area contributed by atoms with E-state index in [9.17, 15) is 4.39 Å². The van der Waals surface area contributed by atoms with Crippen molar-refractivity contribution < 1.29 is 9.13 Å². The molecule has 0 aromatic heterocycles. The van der Waals surface area contributed by atoms with E-state index in [2.05, 4.69) is 10.2 Å². The lowest BCUT2D eigenvalue weighted by atomic mass is 9.95. The van der Waals surface area contributed by atoms with Crippen molar-refractivity contribution in [3.63, 3.8) is 0 Å². The van der Waals surface area contributed by atoms with Crippen LogP contribution in [-0.4, -0.2) is 43.8 Å². The number of benzene rings is 1. The molecule has 2 heterocycles. The van der Waals surface area contributed by atoms with E-state index in [1.165, 1.54) is 25.5 Å². The van der Waals surface area contributed by atoms with Crippen LogP contribution >= 0.6 is 0 Å². The molecule has 4 heteroatoms. The number of aryl methyl sites for hydroxylation is 1. The average molecular weight is 278 g/mol. The minimum Gasteiger partial charge on any atom is -0.373 e. The van der Waals surface area contributed by atoms with Gasteiger partial charge in [-0.15, -0.1) is 0 Å². The predicted octanol–water partition coefficient (Wildman–Crippen LogP) is 2.26. The summed E-state index contributed by atoms with van der Waals surface area (Å²) >= 11 is 0. The Morgan fingerprint density at radius 3 is 3.05 bits per heavy atom. The number of fused-ring (bicyclic) bond motifs is 1. The first-order valence-electron chi connectivity index (χ1n) is 7.48. The Bertz CT molecular complexity index is 480. The molecule has 3 unspecified atom stereocenters. The monoisotopic (exact) mass is 278 g/mol. The van der Waals surface area contributed by atoms with Crippen LogP contribution in [0.2, 0.25) is 0 Å². The molecule has 20 heavy (non-hydrogen) atoms. The lowest BCUT2D eigenvalue weighted by Crippen LogP contribution is -2.50. The molecule has 0 aliphatic carbocycles. The second-order valence-corrected chi connectivity index (χ2v) is 5.93. The summed E-state index contributed by atoms with van der Waals surface area (Å²) in [5.74, 6) is -0.176. The Hall–Kier alpha value is -0.970. The zero-order valence-corrected chi connectivity index (χ0v) is 12.2. The van der Waals surface area contributed by atoms with E-state index in [-0.39, 0.29) is 18.0 Å². The van der Waals surface area contributed by atoms with E-state index in [1.54, 1.807) is 6.07 Å². The van der Waals surface area contributed by atoms with Gasteiger partial charge in [-0.1, -0.05) is 6.07 Å². The van der Waals surface area contributed by atoms with Crippen molar-refractivity contribution in [1.82, 2.24) is 10.2 Å². The summed E-state index contributed by atoms with van der Waals surface area (Å²) in [6, 6.07) is 5.75. The lowest BCUT2D eigenvalue weighted by Gasteiger charge is -2.39. The van der Waals surface area contributed by atoms with Crippen molar-refractivity contribution >= 4 is 0 Å².